The van der Waals surface area contributed by atoms with Crippen molar-refractivity contribution in [2.75, 3.05) is 19.6 Å². The molecule has 2 rings (SSSR count). The molecule has 2 aliphatic heterocycles. The zero-order valence-corrected chi connectivity index (χ0v) is 7.77. The maximum Gasteiger partial charge on any atom is 0.0255 e. The van der Waals surface area contributed by atoms with Gasteiger partial charge in [0.15, 0.2) is 0 Å². The first kappa shape index (κ1) is 8.48. The van der Waals surface area contributed by atoms with Crippen molar-refractivity contribution in [2.45, 2.75) is 31.3 Å². The molecule has 0 amide bonds. The lowest BCUT2D eigenvalue weighted by atomic mass is 9.87. The molecule has 3 atom stereocenters. The summed E-state index contributed by atoms with van der Waals surface area (Å²) >= 11 is 0. The Morgan fingerprint density at radius 2 is 2.33 bits per heavy atom. The van der Waals surface area contributed by atoms with Crippen molar-refractivity contribution < 1.29 is 0 Å². The second kappa shape index (κ2) is 2.98. The Balaban J connectivity index is 2.04. The van der Waals surface area contributed by atoms with E-state index in [2.05, 4.69) is 17.6 Å². The minimum atomic E-state index is 0.00539. The lowest BCUT2D eigenvalue weighted by Crippen LogP contribution is -2.45. The highest BCUT2D eigenvalue weighted by atomic mass is 15.0. The van der Waals surface area contributed by atoms with Gasteiger partial charge in [0, 0.05) is 24.7 Å². The number of hydrogen-bond donors (Lipinski definition) is 3. The Bertz CT molecular complexity index is 167. The predicted octanol–water partition coefficient (Wildman–Crippen LogP) is -0.325. The van der Waals surface area contributed by atoms with E-state index in [1.165, 1.54) is 13.0 Å². The van der Waals surface area contributed by atoms with Crippen LogP contribution in [0.2, 0.25) is 0 Å². The Hall–Kier alpha value is -0.120. The summed E-state index contributed by atoms with van der Waals surface area (Å²) in [6.45, 7) is 5.38. The van der Waals surface area contributed by atoms with Crippen molar-refractivity contribution in [3.05, 3.63) is 0 Å². The van der Waals surface area contributed by atoms with E-state index in [4.69, 9.17) is 5.73 Å². The number of rotatable bonds is 0. The van der Waals surface area contributed by atoms with E-state index in [1.807, 2.05) is 0 Å². The zero-order valence-electron chi connectivity index (χ0n) is 7.77. The Kier molecular flexibility index (Phi) is 2.10. The molecule has 0 radical (unpaired) electrons. The number of nitrogens with one attached hydrogen (secondary N) is 2. The van der Waals surface area contributed by atoms with E-state index in [9.17, 15) is 0 Å². The highest BCUT2D eigenvalue weighted by Gasteiger charge is 2.34. The first-order chi connectivity index (χ1) is 5.67. The van der Waals surface area contributed by atoms with Crippen LogP contribution in [0.15, 0.2) is 0 Å². The topological polar surface area (TPSA) is 50.1 Å². The SMILES string of the molecule is CC1(N)CNCC2NCCC2C1. The average molecular weight is 169 g/mol. The number of fused-ring (bicyclic) bond motifs is 1. The van der Waals surface area contributed by atoms with E-state index >= 15 is 0 Å². The van der Waals surface area contributed by atoms with Crippen molar-refractivity contribution in [3.8, 4) is 0 Å². The molecule has 70 valence electrons. The van der Waals surface area contributed by atoms with Crippen LogP contribution in [0, 0.1) is 5.92 Å². The van der Waals surface area contributed by atoms with Gasteiger partial charge in [0.05, 0.1) is 0 Å². The van der Waals surface area contributed by atoms with Gasteiger partial charge in [-0.1, -0.05) is 0 Å². The molecule has 2 saturated heterocycles. The maximum atomic E-state index is 6.14. The summed E-state index contributed by atoms with van der Waals surface area (Å²) in [5.41, 5.74) is 6.15. The van der Waals surface area contributed by atoms with Gasteiger partial charge in [-0.15, -0.1) is 0 Å². The molecule has 0 aromatic heterocycles. The monoisotopic (exact) mass is 169 g/mol. The summed E-state index contributed by atoms with van der Waals surface area (Å²) < 4.78 is 0. The van der Waals surface area contributed by atoms with Crippen LogP contribution in [0.1, 0.15) is 19.8 Å². The molecular weight excluding hydrogens is 150 g/mol. The first-order valence-electron chi connectivity index (χ1n) is 4.90. The quantitative estimate of drug-likeness (QED) is 0.465. The summed E-state index contributed by atoms with van der Waals surface area (Å²) in [4.78, 5) is 0. The third-order valence-electron chi connectivity index (χ3n) is 3.11. The maximum absolute atomic E-state index is 6.14. The van der Waals surface area contributed by atoms with Gasteiger partial charge < -0.3 is 16.4 Å². The second-order valence-electron chi connectivity index (χ2n) is 4.60. The fourth-order valence-electron chi connectivity index (χ4n) is 2.49. The van der Waals surface area contributed by atoms with Gasteiger partial charge in [-0.3, -0.25) is 0 Å². The van der Waals surface area contributed by atoms with Gasteiger partial charge in [-0.2, -0.15) is 0 Å². The summed E-state index contributed by atoms with van der Waals surface area (Å²) in [7, 11) is 0. The Morgan fingerprint density at radius 1 is 1.50 bits per heavy atom. The lowest BCUT2D eigenvalue weighted by Gasteiger charge is -2.25. The van der Waals surface area contributed by atoms with E-state index in [1.54, 1.807) is 0 Å². The molecule has 0 aromatic rings. The van der Waals surface area contributed by atoms with Crippen LogP contribution in [0.5, 0.6) is 0 Å². The van der Waals surface area contributed by atoms with Gasteiger partial charge in [0.2, 0.25) is 0 Å². The van der Waals surface area contributed by atoms with Gasteiger partial charge in [-0.05, 0) is 32.2 Å². The second-order valence-corrected chi connectivity index (χ2v) is 4.60. The van der Waals surface area contributed by atoms with Crippen molar-refractivity contribution in [2.24, 2.45) is 11.7 Å². The minimum Gasteiger partial charge on any atom is -0.324 e. The van der Waals surface area contributed by atoms with Crippen molar-refractivity contribution in [1.82, 2.24) is 10.6 Å². The first-order valence-corrected chi connectivity index (χ1v) is 4.90. The molecule has 0 bridgehead atoms. The van der Waals surface area contributed by atoms with Crippen LogP contribution < -0.4 is 16.4 Å². The molecule has 12 heavy (non-hydrogen) atoms. The lowest BCUT2D eigenvalue weighted by molar-refractivity contribution is 0.352. The van der Waals surface area contributed by atoms with Gasteiger partial charge >= 0.3 is 0 Å². The van der Waals surface area contributed by atoms with Crippen LogP contribution in [0.4, 0.5) is 0 Å². The smallest absolute Gasteiger partial charge is 0.0255 e. The van der Waals surface area contributed by atoms with Gasteiger partial charge in [0.1, 0.15) is 0 Å². The van der Waals surface area contributed by atoms with E-state index in [-0.39, 0.29) is 5.54 Å². The Labute approximate surface area is 74.1 Å². The van der Waals surface area contributed by atoms with Crippen LogP contribution >= 0.6 is 0 Å². The van der Waals surface area contributed by atoms with Crippen LogP contribution in [-0.2, 0) is 0 Å². The van der Waals surface area contributed by atoms with E-state index in [0.717, 1.165) is 25.4 Å². The fourth-order valence-corrected chi connectivity index (χ4v) is 2.49. The predicted molar refractivity (Wildman–Crippen MR) is 50.0 cm³/mol. The van der Waals surface area contributed by atoms with Crippen molar-refractivity contribution in [3.63, 3.8) is 0 Å². The highest BCUT2D eigenvalue weighted by Crippen LogP contribution is 2.26. The number of nitrogens with two attached hydrogens (primary N) is 1. The van der Waals surface area contributed by atoms with Crippen LogP contribution in [0.3, 0.4) is 0 Å². The van der Waals surface area contributed by atoms with Crippen molar-refractivity contribution in [1.29, 1.82) is 0 Å². The molecule has 0 spiro atoms. The standard InChI is InChI=1S/C9H19N3/c1-9(10)4-7-2-3-12-8(7)5-11-6-9/h7-8,11-12H,2-6,10H2,1H3. The number of hydrogen-bond acceptors (Lipinski definition) is 3. The van der Waals surface area contributed by atoms with E-state index < -0.39 is 0 Å². The molecule has 2 heterocycles. The fraction of sp³-hybridized carbons (Fsp3) is 1.00. The molecule has 4 N–H and O–H groups in total. The van der Waals surface area contributed by atoms with Gasteiger partial charge in [-0.25, -0.2) is 0 Å². The van der Waals surface area contributed by atoms with Crippen molar-refractivity contribution >= 4 is 0 Å². The van der Waals surface area contributed by atoms with E-state index in [0.29, 0.717) is 6.04 Å². The molecular formula is C9H19N3. The Morgan fingerprint density at radius 3 is 3.17 bits per heavy atom. The third kappa shape index (κ3) is 1.63. The summed E-state index contributed by atoms with van der Waals surface area (Å²) in [6.07, 6.45) is 2.47. The third-order valence-corrected chi connectivity index (χ3v) is 3.11. The molecule has 3 unspecified atom stereocenters. The summed E-state index contributed by atoms with van der Waals surface area (Å²) in [5.74, 6) is 0.801. The largest absolute Gasteiger partial charge is 0.324 e. The molecule has 2 aliphatic rings. The zero-order chi connectivity index (χ0) is 8.60. The molecule has 0 aliphatic carbocycles. The average Bonchev–Trinajstić information content (AvgIpc) is 2.31. The highest BCUT2D eigenvalue weighted by molar-refractivity contribution is 4.96. The molecule has 3 nitrogen and oxygen atoms in total. The summed E-state index contributed by atoms with van der Waals surface area (Å²) in [5, 5.41) is 6.94. The molecule has 2 fully saturated rings. The minimum absolute atomic E-state index is 0.00539. The summed E-state index contributed by atoms with van der Waals surface area (Å²) in [6, 6.07) is 0.676. The molecule has 3 heteroatoms. The van der Waals surface area contributed by atoms with Crippen LogP contribution in [0.25, 0.3) is 0 Å². The molecule has 0 saturated carbocycles. The molecule has 0 aromatic carbocycles. The van der Waals surface area contributed by atoms with Crippen LogP contribution in [-0.4, -0.2) is 31.2 Å². The van der Waals surface area contributed by atoms with Gasteiger partial charge in [0.25, 0.3) is 0 Å². The normalized spacial score (nSPS) is 48.5.